The summed E-state index contributed by atoms with van der Waals surface area (Å²) in [7, 11) is 0. The first-order valence-electron chi connectivity index (χ1n) is 10.6. The van der Waals surface area contributed by atoms with Gasteiger partial charge >= 0.3 is 0 Å². The van der Waals surface area contributed by atoms with Crippen LogP contribution in [0.5, 0.6) is 0 Å². The normalized spacial score (nSPS) is 22.2. The summed E-state index contributed by atoms with van der Waals surface area (Å²) in [5.74, 6) is 0.102. The summed E-state index contributed by atoms with van der Waals surface area (Å²) in [6.07, 6.45) is 0.825. The van der Waals surface area contributed by atoms with Crippen LogP contribution in [0.4, 0.5) is 0 Å². The van der Waals surface area contributed by atoms with Crippen LogP contribution in [0.2, 0.25) is 0 Å². The number of hydrogen-bond donors (Lipinski definition) is 0. The van der Waals surface area contributed by atoms with Crippen LogP contribution >= 0.6 is 11.3 Å². The lowest BCUT2D eigenvalue weighted by Gasteiger charge is -2.48. The Morgan fingerprint density at radius 2 is 1.97 bits per heavy atom. The number of rotatable bonds is 5. The van der Waals surface area contributed by atoms with Gasteiger partial charge in [-0.1, -0.05) is 26.0 Å². The third kappa shape index (κ3) is 3.93. The number of carbonyl (C=O) groups is 3. The third-order valence-corrected chi connectivity index (χ3v) is 6.95. The molecule has 7 nitrogen and oxygen atoms in total. The lowest BCUT2D eigenvalue weighted by atomic mass is 10.0. The van der Waals surface area contributed by atoms with E-state index in [0.717, 1.165) is 15.2 Å². The number of thiazole rings is 1. The Bertz CT molecular complexity index is 939. The number of nitrogens with zero attached hydrogens (tertiary/aromatic N) is 4. The molecule has 2 aliphatic rings. The first kappa shape index (κ1) is 20.8. The van der Waals surface area contributed by atoms with E-state index < -0.39 is 12.1 Å². The molecule has 0 saturated carbocycles. The molecule has 8 heteroatoms. The predicted molar refractivity (Wildman–Crippen MR) is 116 cm³/mol. The molecule has 0 radical (unpaired) electrons. The Kier molecular flexibility index (Phi) is 5.77. The lowest BCUT2D eigenvalue weighted by molar-refractivity contribution is -0.165. The average Bonchev–Trinajstić information content (AvgIpc) is 3.13. The van der Waals surface area contributed by atoms with E-state index in [1.807, 2.05) is 29.2 Å². The highest BCUT2D eigenvalue weighted by atomic mass is 32.1. The summed E-state index contributed by atoms with van der Waals surface area (Å²) in [4.78, 5) is 48.5. The van der Waals surface area contributed by atoms with Gasteiger partial charge < -0.3 is 14.7 Å². The number of benzene rings is 1. The molecule has 2 aliphatic heterocycles. The monoisotopic (exact) mass is 428 g/mol. The van der Waals surface area contributed by atoms with Gasteiger partial charge in [-0.15, -0.1) is 11.3 Å². The lowest BCUT2D eigenvalue weighted by Crippen LogP contribution is -2.70. The molecule has 1 aromatic carbocycles. The third-order valence-electron chi connectivity index (χ3n) is 5.86. The molecular formula is C22H28N4O3S. The fraction of sp³-hybridized carbons (Fsp3) is 0.545. The van der Waals surface area contributed by atoms with Crippen LogP contribution in [0.15, 0.2) is 24.3 Å². The van der Waals surface area contributed by atoms with Crippen LogP contribution in [-0.2, 0) is 20.8 Å². The van der Waals surface area contributed by atoms with Gasteiger partial charge in [0.15, 0.2) is 0 Å². The molecule has 0 bridgehead atoms. The van der Waals surface area contributed by atoms with Gasteiger partial charge in [0.25, 0.3) is 0 Å². The van der Waals surface area contributed by atoms with E-state index in [9.17, 15) is 14.4 Å². The van der Waals surface area contributed by atoms with Gasteiger partial charge in [0.05, 0.1) is 21.8 Å². The fourth-order valence-electron chi connectivity index (χ4n) is 4.32. The molecule has 0 N–H and O–H groups in total. The van der Waals surface area contributed by atoms with Crippen molar-refractivity contribution in [3.63, 3.8) is 0 Å². The van der Waals surface area contributed by atoms with Gasteiger partial charge in [0, 0.05) is 32.5 Å². The van der Waals surface area contributed by atoms with Crippen molar-refractivity contribution in [1.82, 2.24) is 19.7 Å². The highest BCUT2D eigenvalue weighted by Gasteiger charge is 2.46. The number of carbonyl (C=O) groups excluding carboxylic acids is 3. The van der Waals surface area contributed by atoms with E-state index in [-0.39, 0.29) is 30.7 Å². The molecule has 3 heterocycles. The van der Waals surface area contributed by atoms with Crippen LogP contribution in [0.1, 0.15) is 32.2 Å². The molecule has 2 aromatic rings. The molecule has 160 valence electrons. The SMILES string of the molecule is CC(C)CN1CCN2C(=O)C(C)N(C(=O)CCc3nc4ccccc4s3)CC2C1=O. The first-order chi connectivity index (χ1) is 14.3. The van der Waals surface area contributed by atoms with E-state index >= 15 is 0 Å². The minimum atomic E-state index is -0.562. The van der Waals surface area contributed by atoms with Crippen LogP contribution < -0.4 is 0 Å². The quantitative estimate of drug-likeness (QED) is 0.732. The molecule has 2 unspecified atom stereocenters. The summed E-state index contributed by atoms with van der Waals surface area (Å²) in [5, 5.41) is 0.916. The van der Waals surface area contributed by atoms with Crippen LogP contribution in [0.3, 0.4) is 0 Å². The Morgan fingerprint density at radius 1 is 1.20 bits per heavy atom. The number of amides is 3. The minimum Gasteiger partial charge on any atom is -0.339 e. The maximum atomic E-state index is 13.0. The highest BCUT2D eigenvalue weighted by Crippen LogP contribution is 2.25. The molecule has 2 atom stereocenters. The minimum absolute atomic E-state index is 0.0424. The van der Waals surface area contributed by atoms with E-state index in [0.29, 0.717) is 32.0 Å². The van der Waals surface area contributed by atoms with Crippen molar-refractivity contribution in [1.29, 1.82) is 0 Å². The van der Waals surface area contributed by atoms with Crippen molar-refractivity contribution >= 4 is 39.3 Å². The van der Waals surface area contributed by atoms with Crippen molar-refractivity contribution in [3.05, 3.63) is 29.3 Å². The van der Waals surface area contributed by atoms with Gasteiger partial charge in [-0.3, -0.25) is 14.4 Å². The standard InChI is InChI=1S/C22H28N4O3S/c1-14(2)12-24-10-11-25-17(22(24)29)13-26(15(3)21(25)28)20(27)9-8-19-23-16-6-4-5-7-18(16)30-19/h4-7,14-15,17H,8-13H2,1-3H3. The molecule has 30 heavy (non-hydrogen) atoms. The number of aromatic nitrogens is 1. The molecule has 1 aromatic heterocycles. The topological polar surface area (TPSA) is 73.8 Å². The van der Waals surface area contributed by atoms with Gasteiger partial charge in [-0.25, -0.2) is 4.98 Å². The Hall–Kier alpha value is -2.48. The summed E-state index contributed by atoms with van der Waals surface area (Å²) in [5.41, 5.74) is 0.945. The number of fused-ring (bicyclic) bond motifs is 2. The van der Waals surface area contributed by atoms with Crippen molar-refractivity contribution in [2.24, 2.45) is 5.92 Å². The van der Waals surface area contributed by atoms with Crippen LogP contribution in [-0.4, -0.2) is 75.7 Å². The van der Waals surface area contributed by atoms with E-state index in [1.54, 1.807) is 28.1 Å². The Labute approximate surface area is 180 Å². The van der Waals surface area contributed by atoms with E-state index in [1.165, 1.54) is 0 Å². The smallest absolute Gasteiger partial charge is 0.247 e. The van der Waals surface area contributed by atoms with Gasteiger partial charge in [-0.05, 0) is 25.0 Å². The molecule has 3 amide bonds. The summed E-state index contributed by atoms with van der Waals surface area (Å²) < 4.78 is 1.11. The maximum absolute atomic E-state index is 13.0. The maximum Gasteiger partial charge on any atom is 0.247 e. The molecule has 4 rings (SSSR count). The zero-order valence-electron chi connectivity index (χ0n) is 17.7. The van der Waals surface area contributed by atoms with Crippen molar-refractivity contribution in [2.75, 3.05) is 26.2 Å². The molecular weight excluding hydrogens is 400 g/mol. The molecule has 0 spiro atoms. The number of hydrogen-bond acceptors (Lipinski definition) is 5. The van der Waals surface area contributed by atoms with Crippen molar-refractivity contribution in [3.8, 4) is 0 Å². The fourth-order valence-corrected chi connectivity index (χ4v) is 5.29. The number of piperazine rings is 2. The van der Waals surface area contributed by atoms with Crippen molar-refractivity contribution in [2.45, 2.75) is 45.7 Å². The molecule has 2 fully saturated rings. The molecule has 2 saturated heterocycles. The number of para-hydroxylation sites is 1. The highest BCUT2D eigenvalue weighted by molar-refractivity contribution is 7.18. The Morgan fingerprint density at radius 3 is 2.70 bits per heavy atom. The zero-order valence-corrected chi connectivity index (χ0v) is 18.5. The largest absolute Gasteiger partial charge is 0.339 e. The second-order valence-corrected chi connectivity index (χ2v) is 9.64. The van der Waals surface area contributed by atoms with Crippen LogP contribution in [0, 0.1) is 5.92 Å². The second kappa shape index (κ2) is 8.34. The second-order valence-electron chi connectivity index (χ2n) is 8.52. The zero-order chi connectivity index (χ0) is 21.4. The summed E-state index contributed by atoms with van der Waals surface area (Å²) in [6, 6.07) is 6.82. The summed E-state index contributed by atoms with van der Waals surface area (Å²) >= 11 is 1.59. The Balaban J connectivity index is 1.44. The number of aryl methyl sites for hydroxylation is 1. The molecule has 0 aliphatic carbocycles. The van der Waals surface area contributed by atoms with Crippen molar-refractivity contribution < 1.29 is 14.4 Å². The van der Waals surface area contributed by atoms with E-state index in [2.05, 4.69) is 18.8 Å². The first-order valence-corrected chi connectivity index (χ1v) is 11.4. The predicted octanol–water partition coefficient (Wildman–Crippen LogP) is 2.15. The van der Waals surface area contributed by atoms with Crippen LogP contribution in [0.25, 0.3) is 10.2 Å². The average molecular weight is 429 g/mol. The van der Waals surface area contributed by atoms with Gasteiger partial charge in [0.2, 0.25) is 17.7 Å². The summed E-state index contributed by atoms with van der Waals surface area (Å²) in [6.45, 7) is 7.98. The van der Waals surface area contributed by atoms with E-state index in [4.69, 9.17) is 0 Å². The van der Waals surface area contributed by atoms with Gasteiger partial charge in [0.1, 0.15) is 12.1 Å². The van der Waals surface area contributed by atoms with Gasteiger partial charge in [-0.2, -0.15) is 0 Å².